The van der Waals surface area contributed by atoms with Crippen molar-refractivity contribution in [2.45, 2.75) is 38.6 Å². The standard InChI is InChI=1S/C17H24N2O2/c1-3-11-20-15-7-5-6-8-16(15)21-13-17(12-18,19-4-2)14-9-10-14/h5-8,14,19H,3-4,9-11,13H2,1-2H3. The maximum Gasteiger partial charge on any atom is 0.161 e. The molecule has 1 unspecified atom stereocenters. The maximum absolute atomic E-state index is 9.58. The van der Waals surface area contributed by atoms with Gasteiger partial charge in [-0.25, -0.2) is 0 Å². The van der Waals surface area contributed by atoms with Gasteiger partial charge in [0.25, 0.3) is 0 Å². The molecule has 1 fully saturated rings. The minimum Gasteiger partial charge on any atom is -0.490 e. The van der Waals surface area contributed by atoms with Crippen LogP contribution in [0.5, 0.6) is 11.5 Å². The van der Waals surface area contributed by atoms with E-state index in [0.29, 0.717) is 24.9 Å². The van der Waals surface area contributed by atoms with Crippen LogP contribution in [-0.2, 0) is 0 Å². The lowest BCUT2D eigenvalue weighted by molar-refractivity contribution is 0.194. The van der Waals surface area contributed by atoms with Crippen molar-refractivity contribution in [2.24, 2.45) is 5.92 Å². The summed E-state index contributed by atoms with van der Waals surface area (Å²) in [7, 11) is 0. The molecular weight excluding hydrogens is 264 g/mol. The highest BCUT2D eigenvalue weighted by molar-refractivity contribution is 5.39. The topological polar surface area (TPSA) is 54.3 Å². The molecule has 1 saturated carbocycles. The molecule has 0 aliphatic heterocycles. The van der Waals surface area contributed by atoms with E-state index in [0.717, 1.165) is 31.6 Å². The zero-order valence-electron chi connectivity index (χ0n) is 12.9. The molecule has 0 radical (unpaired) electrons. The summed E-state index contributed by atoms with van der Waals surface area (Å²) >= 11 is 0. The molecule has 0 spiro atoms. The van der Waals surface area contributed by atoms with Crippen molar-refractivity contribution < 1.29 is 9.47 Å². The van der Waals surface area contributed by atoms with Crippen LogP contribution in [0.15, 0.2) is 24.3 Å². The van der Waals surface area contributed by atoms with Crippen LogP contribution in [0.4, 0.5) is 0 Å². The minimum atomic E-state index is -0.577. The smallest absolute Gasteiger partial charge is 0.161 e. The summed E-state index contributed by atoms with van der Waals surface area (Å²) in [6.07, 6.45) is 3.14. The van der Waals surface area contributed by atoms with Gasteiger partial charge in [0.05, 0.1) is 12.7 Å². The number of para-hydroxylation sites is 2. The number of nitrogens with zero attached hydrogens (tertiary/aromatic N) is 1. The van der Waals surface area contributed by atoms with Gasteiger partial charge in [0.15, 0.2) is 11.5 Å². The van der Waals surface area contributed by atoms with E-state index in [-0.39, 0.29) is 0 Å². The Hall–Kier alpha value is -1.73. The summed E-state index contributed by atoms with van der Waals surface area (Å²) in [6.45, 7) is 5.88. The van der Waals surface area contributed by atoms with E-state index in [1.54, 1.807) is 0 Å². The second kappa shape index (κ2) is 7.33. The lowest BCUT2D eigenvalue weighted by Crippen LogP contribution is -2.50. The molecule has 1 N–H and O–H groups in total. The average molecular weight is 288 g/mol. The molecule has 1 aliphatic carbocycles. The second-order valence-corrected chi connectivity index (χ2v) is 5.47. The third-order valence-electron chi connectivity index (χ3n) is 3.73. The van der Waals surface area contributed by atoms with Gasteiger partial charge >= 0.3 is 0 Å². The van der Waals surface area contributed by atoms with Crippen molar-refractivity contribution in [2.75, 3.05) is 19.8 Å². The SMILES string of the molecule is CCCOc1ccccc1OCC(C#N)(NCC)C1CC1. The lowest BCUT2D eigenvalue weighted by Gasteiger charge is -2.27. The van der Waals surface area contributed by atoms with Gasteiger partial charge in [-0.3, -0.25) is 5.32 Å². The van der Waals surface area contributed by atoms with Crippen LogP contribution in [0, 0.1) is 17.2 Å². The summed E-state index contributed by atoms with van der Waals surface area (Å²) in [6, 6.07) is 10.1. The monoisotopic (exact) mass is 288 g/mol. The van der Waals surface area contributed by atoms with E-state index < -0.39 is 5.54 Å². The first-order valence-corrected chi connectivity index (χ1v) is 7.76. The molecule has 4 nitrogen and oxygen atoms in total. The first-order valence-electron chi connectivity index (χ1n) is 7.76. The number of rotatable bonds is 9. The Morgan fingerprint density at radius 1 is 1.24 bits per heavy atom. The maximum atomic E-state index is 9.58. The Morgan fingerprint density at radius 2 is 1.90 bits per heavy atom. The molecule has 114 valence electrons. The highest BCUT2D eigenvalue weighted by atomic mass is 16.5. The van der Waals surface area contributed by atoms with Gasteiger partial charge in [-0.2, -0.15) is 5.26 Å². The number of hydrogen-bond donors (Lipinski definition) is 1. The molecule has 0 saturated heterocycles. The fourth-order valence-electron chi connectivity index (χ4n) is 2.46. The van der Waals surface area contributed by atoms with Crippen molar-refractivity contribution in [3.05, 3.63) is 24.3 Å². The molecular formula is C17H24N2O2. The molecule has 1 aromatic carbocycles. The van der Waals surface area contributed by atoms with E-state index in [1.807, 2.05) is 31.2 Å². The predicted molar refractivity (Wildman–Crippen MR) is 82.5 cm³/mol. The molecule has 0 aromatic heterocycles. The first kappa shape index (κ1) is 15.7. The van der Waals surface area contributed by atoms with Crippen molar-refractivity contribution in [3.63, 3.8) is 0 Å². The van der Waals surface area contributed by atoms with Gasteiger partial charge in [0, 0.05) is 0 Å². The summed E-state index contributed by atoms with van der Waals surface area (Å²) in [5, 5.41) is 12.9. The molecule has 1 atom stereocenters. The van der Waals surface area contributed by atoms with Gasteiger partial charge in [0.1, 0.15) is 12.1 Å². The zero-order chi connectivity index (χ0) is 15.1. The van der Waals surface area contributed by atoms with Crippen LogP contribution >= 0.6 is 0 Å². The van der Waals surface area contributed by atoms with Crippen LogP contribution in [0.3, 0.4) is 0 Å². The minimum absolute atomic E-state index is 0.356. The number of likely N-dealkylation sites (N-methyl/N-ethyl adjacent to an activating group) is 1. The molecule has 0 bridgehead atoms. The summed E-state index contributed by atoms with van der Waals surface area (Å²) in [4.78, 5) is 0. The number of ether oxygens (including phenoxy) is 2. The highest BCUT2D eigenvalue weighted by Crippen LogP contribution is 2.40. The number of benzene rings is 1. The van der Waals surface area contributed by atoms with Gasteiger partial charge in [-0.05, 0) is 43.9 Å². The molecule has 21 heavy (non-hydrogen) atoms. The first-order chi connectivity index (χ1) is 10.3. The van der Waals surface area contributed by atoms with Gasteiger partial charge in [-0.15, -0.1) is 0 Å². The Balaban J connectivity index is 2.05. The van der Waals surface area contributed by atoms with Gasteiger partial charge < -0.3 is 9.47 Å². The van der Waals surface area contributed by atoms with Crippen LogP contribution in [0.2, 0.25) is 0 Å². The average Bonchev–Trinajstić information content (AvgIpc) is 3.35. The van der Waals surface area contributed by atoms with E-state index in [9.17, 15) is 5.26 Å². The zero-order valence-corrected chi connectivity index (χ0v) is 12.9. The normalized spacial score (nSPS) is 16.8. The third-order valence-corrected chi connectivity index (χ3v) is 3.73. The number of hydrogen-bond acceptors (Lipinski definition) is 4. The molecule has 0 amide bonds. The van der Waals surface area contributed by atoms with Crippen molar-refractivity contribution >= 4 is 0 Å². The van der Waals surface area contributed by atoms with E-state index in [2.05, 4.69) is 18.3 Å². The Morgan fingerprint density at radius 3 is 2.43 bits per heavy atom. The predicted octanol–water partition coefficient (Wildman–Crippen LogP) is 3.14. The van der Waals surface area contributed by atoms with Gasteiger partial charge in [0.2, 0.25) is 0 Å². The van der Waals surface area contributed by atoms with E-state index in [4.69, 9.17) is 9.47 Å². The largest absolute Gasteiger partial charge is 0.490 e. The Kier molecular flexibility index (Phi) is 5.46. The van der Waals surface area contributed by atoms with Crippen LogP contribution in [0.25, 0.3) is 0 Å². The fraction of sp³-hybridized carbons (Fsp3) is 0.588. The van der Waals surface area contributed by atoms with E-state index >= 15 is 0 Å². The molecule has 4 heteroatoms. The lowest BCUT2D eigenvalue weighted by atomic mass is 9.96. The van der Waals surface area contributed by atoms with Crippen LogP contribution in [0.1, 0.15) is 33.1 Å². The third kappa shape index (κ3) is 3.89. The molecule has 1 aliphatic rings. The summed E-state index contributed by atoms with van der Waals surface area (Å²) < 4.78 is 11.6. The Bertz CT molecular complexity index is 494. The fourth-order valence-corrected chi connectivity index (χ4v) is 2.46. The van der Waals surface area contributed by atoms with Crippen LogP contribution < -0.4 is 14.8 Å². The molecule has 0 heterocycles. The quantitative estimate of drug-likeness (QED) is 0.758. The van der Waals surface area contributed by atoms with Crippen LogP contribution in [-0.4, -0.2) is 25.3 Å². The Labute approximate surface area is 127 Å². The molecule has 1 aromatic rings. The molecule has 2 rings (SSSR count). The highest BCUT2D eigenvalue weighted by Gasteiger charge is 2.46. The summed E-state index contributed by atoms with van der Waals surface area (Å²) in [5.41, 5.74) is -0.577. The van der Waals surface area contributed by atoms with Gasteiger partial charge in [-0.1, -0.05) is 26.0 Å². The summed E-state index contributed by atoms with van der Waals surface area (Å²) in [5.74, 6) is 1.86. The van der Waals surface area contributed by atoms with Crippen molar-refractivity contribution in [1.29, 1.82) is 5.26 Å². The van der Waals surface area contributed by atoms with E-state index in [1.165, 1.54) is 0 Å². The van der Waals surface area contributed by atoms with Crippen molar-refractivity contribution in [1.82, 2.24) is 5.32 Å². The second-order valence-electron chi connectivity index (χ2n) is 5.47. The number of nitriles is 1. The van der Waals surface area contributed by atoms with Crippen molar-refractivity contribution in [3.8, 4) is 17.6 Å². The number of nitrogens with one attached hydrogen (secondary N) is 1.